The highest BCUT2D eigenvalue weighted by atomic mass is 32.2. The van der Waals surface area contributed by atoms with Crippen LogP contribution in [0.15, 0.2) is 65.6 Å². The minimum atomic E-state index is -3.83. The fraction of sp³-hybridized carbons (Fsp3) is 0.200. The van der Waals surface area contributed by atoms with E-state index in [9.17, 15) is 8.42 Å². The fourth-order valence-corrected chi connectivity index (χ4v) is 3.80. The molecule has 0 bridgehead atoms. The highest BCUT2D eigenvalue weighted by Gasteiger charge is 2.26. The highest BCUT2D eigenvalue weighted by molar-refractivity contribution is 7.86. The van der Waals surface area contributed by atoms with E-state index < -0.39 is 16.2 Å². The molecule has 4 rings (SSSR count). The second-order valence-corrected chi connectivity index (χ2v) is 7.83. The topological polar surface area (TPSA) is 61.8 Å². The van der Waals surface area contributed by atoms with E-state index in [4.69, 9.17) is 13.7 Å². The molecule has 0 saturated heterocycles. The van der Waals surface area contributed by atoms with Gasteiger partial charge in [0.1, 0.15) is 13.2 Å². The number of fused-ring (bicyclic) bond motifs is 3. The first-order valence-electron chi connectivity index (χ1n) is 8.30. The van der Waals surface area contributed by atoms with Crippen LogP contribution in [0.2, 0.25) is 0 Å². The zero-order valence-electron chi connectivity index (χ0n) is 14.2. The molecule has 0 radical (unpaired) electrons. The lowest BCUT2D eigenvalue weighted by atomic mass is 10.1. The van der Waals surface area contributed by atoms with E-state index >= 15 is 0 Å². The number of aryl methyl sites for hydroxylation is 1. The van der Waals surface area contributed by atoms with Gasteiger partial charge in [0, 0.05) is 5.39 Å². The van der Waals surface area contributed by atoms with Crippen LogP contribution in [0.5, 0.6) is 11.5 Å². The smallest absolute Gasteiger partial charge is 0.297 e. The van der Waals surface area contributed by atoms with Gasteiger partial charge in [-0.2, -0.15) is 8.42 Å². The predicted octanol–water partition coefficient (Wildman–Crippen LogP) is 3.69. The van der Waals surface area contributed by atoms with Crippen molar-refractivity contribution in [3.8, 4) is 11.5 Å². The predicted molar refractivity (Wildman–Crippen MR) is 98.2 cm³/mol. The van der Waals surface area contributed by atoms with E-state index in [0.29, 0.717) is 11.5 Å². The molecule has 1 heterocycles. The summed E-state index contributed by atoms with van der Waals surface area (Å²) >= 11 is 0. The fourth-order valence-electron chi connectivity index (χ4n) is 2.86. The molecule has 0 N–H and O–H groups in total. The summed E-state index contributed by atoms with van der Waals surface area (Å²) in [4.78, 5) is 0.130. The van der Waals surface area contributed by atoms with E-state index in [0.717, 1.165) is 16.3 Å². The van der Waals surface area contributed by atoms with E-state index in [2.05, 4.69) is 0 Å². The minimum absolute atomic E-state index is 0.112. The SMILES string of the molecule is Cc1ccc(S(=O)(=O)OCC2COc3ccc4ccccc4c3O2)cc1. The van der Waals surface area contributed by atoms with Crippen LogP contribution < -0.4 is 9.47 Å². The van der Waals surface area contributed by atoms with Gasteiger partial charge in [0.2, 0.25) is 0 Å². The summed E-state index contributed by atoms with van der Waals surface area (Å²) in [5.74, 6) is 1.28. The third kappa shape index (κ3) is 3.25. The number of hydrogen-bond donors (Lipinski definition) is 0. The molecule has 3 aromatic rings. The maximum Gasteiger partial charge on any atom is 0.297 e. The van der Waals surface area contributed by atoms with Crippen LogP contribution in [0, 0.1) is 6.92 Å². The summed E-state index contributed by atoms with van der Waals surface area (Å²) < 4.78 is 41.6. The largest absolute Gasteiger partial charge is 0.486 e. The third-order valence-electron chi connectivity index (χ3n) is 4.27. The molecule has 1 atom stereocenters. The first-order valence-corrected chi connectivity index (χ1v) is 9.71. The summed E-state index contributed by atoms with van der Waals surface area (Å²) in [6.45, 7) is 2.01. The average molecular weight is 370 g/mol. The molecular formula is C20H18O5S. The van der Waals surface area contributed by atoms with Crippen molar-refractivity contribution in [1.29, 1.82) is 0 Å². The van der Waals surface area contributed by atoms with Gasteiger partial charge in [-0.3, -0.25) is 4.18 Å². The molecule has 0 fully saturated rings. The van der Waals surface area contributed by atoms with Crippen molar-refractivity contribution in [2.75, 3.05) is 13.2 Å². The maximum absolute atomic E-state index is 12.3. The summed E-state index contributed by atoms with van der Waals surface area (Å²) in [7, 11) is -3.83. The van der Waals surface area contributed by atoms with Crippen LogP contribution >= 0.6 is 0 Å². The van der Waals surface area contributed by atoms with Crippen LogP contribution in [0.4, 0.5) is 0 Å². The van der Waals surface area contributed by atoms with E-state index in [1.165, 1.54) is 12.1 Å². The average Bonchev–Trinajstić information content (AvgIpc) is 2.66. The molecule has 0 amide bonds. The first kappa shape index (κ1) is 16.9. The van der Waals surface area contributed by atoms with Crippen LogP contribution in [0.3, 0.4) is 0 Å². The molecule has 26 heavy (non-hydrogen) atoms. The zero-order chi connectivity index (χ0) is 18.1. The molecule has 3 aromatic carbocycles. The molecule has 134 valence electrons. The van der Waals surface area contributed by atoms with Crippen molar-refractivity contribution in [2.45, 2.75) is 17.9 Å². The van der Waals surface area contributed by atoms with Crippen molar-refractivity contribution < 1.29 is 22.1 Å². The first-order chi connectivity index (χ1) is 12.5. The van der Waals surface area contributed by atoms with E-state index in [1.54, 1.807) is 12.1 Å². The Labute approximate surface area is 152 Å². The number of hydrogen-bond acceptors (Lipinski definition) is 5. The second kappa shape index (κ2) is 6.63. The van der Waals surface area contributed by atoms with Crippen molar-refractivity contribution in [3.63, 3.8) is 0 Å². The Hall–Kier alpha value is -2.57. The van der Waals surface area contributed by atoms with Gasteiger partial charge < -0.3 is 9.47 Å². The molecule has 1 aliphatic heterocycles. The Morgan fingerprint density at radius 2 is 1.81 bits per heavy atom. The van der Waals surface area contributed by atoms with Gasteiger partial charge in [-0.25, -0.2) is 0 Å². The van der Waals surface area contributed by atoms with Gasteiger partial charge >= 0.3 is 0 Å². The Balaban J connectivity index is 1.51. The lowest BCUT2D eigenvalue weighted by molar-refractivity contribution is 0.0571. The van der Waals surface area contributed by atoms with Gasteiger partial charge in [-0.1, -0.05) is 48.0 Å². The normalized spacial score (nSPS) is 16.6. The second-order valence-electron chi connectivity index (χ2n) is 6.22. The van der Waals surface area contributed by atoms with Crippen LogP contribution in [-0.4, -0.2) is 27.7 Å². The van der Waals surface area contributed by atoms with Gasteiger partial charge in [0.05, 0.1) is 4.90 Å². The van der Waals surface area contributed by atoms with Crippen molar-refractivity contribution >= 4 is 20.9 Å². The number of rotatable bonds is 4. The minimum Gasteiger partial charge on any atom is -0.486 e. The van der Waals surface area contributed by atoms with Crippen LogP contribution in [0.1, 0.15) is 5.56 Å². The lowest BCUT2D eigenvalue weighted by Crippen LogP contribution is -2.34. The molecule has 6 heteroatoms. The van der Waals surface area contributed by atoms with Crippen LogP contribution in [0.25, 0.3) is 10.8 Å². The van der Waals surface area contributed by atoms with Gasteiger partial charge in [0.15, 0.2) is 17.6 Å². The van der Waals surface area contributed by atoms with Crippen LogP contribution in [-0.2, 0) is 14.3 Å². The number of ether oxygens (including phenoxy) is 2. The Kier molecular flexibility index (Phi) is 4.30. The van der Waals surface area contributed by atoms with E-state index in [-0.39, 0.29) is 18.1 Å². The van der Waals surface area contributed by atoms with Gasteiger partial charge in [0.25, 0.3) is 10.1 Å². The summed E-state index contributed by atoms with van der Waals surface area (Å²) in [5, 5.41) is 1.96. The Bertz CT molecular complexity index is 1040. The molecule has 0 aromatic heterocycles. The molecule has 5 nitrogen and oxygen atoms in total. The zero-order valence-corrected chi connectivity index (χ0v) is 15.0. The third-order valence-corrected chi connectivity index (χ3v) is 5.57. The monoisotopic (exact) mass is 370 g/mol. The van der Waals surface area contributed by atoms with Crippen molar-refractivity contribution in [3.05, 3.63) is 66.2 Å². The van der Waals surface area contributed by atoms with Gasteiger partial charge in [-0.15, -0.1) is 0 Å². The summed E-state index contributed by atoms with van der Waals surface area (Å²) in [5.41, 5.74) is 0.983. The van der Waals surface area contributed by atoms with Gasteiger partial charge in [-0.05, 0) is 30.5 Å². The lowest BCUT2D eigenvalue weighted by Gasteiger charge is -2.27. The molecule has 0 saturated carbocycles. The summed E-state index contributed by atoms with van der Waals surface area (Å²) in [6.07, 6.45) is -0.506. The number of benzene rings is 3. The standard InChI is InChI=1S/C20H18O5S/c1-14-6-9-17(10-7-14)26(21,22)24-13-16-12-23-19-11-8-15-4-2-3-5-18(15)20(19)25-16/h2-11,16H,12-13H2,1H3. The molecule has 1 unspecified atom stereocenters. The molecular weight excluding hydrogens is 352 g/mol. The summed E-state index contributed by atoms with van der Waals surface area (Å²) in [6, 6.07) is 18.2. The quantitative estimate of drug-likeness (QED) is 0.656. The molecule has 1 aliphatic rings. The molecule has 0 spiro atoms. The highest BCUT2D eigenvalue weighted by Crippen LogP contribution is 2.38. The maximum atomic E-state index is 12.3. The Morgan fingerprint density at radius 3 is 2.62 bits per heavy atom. The van der Waals surface area contributed by atoms with Crippen molar-refractivity contribution in [2.24, 2.45) is 0 Å². The van der Waals surface area contributed by atoms with E-state index in [1.807, 2.05) is 43.3 Å². The van der Waals surface area contributed by atoms with Crippen molar-refractivity contribution in [1.82, 2.24) is 0 Å². The molecule has 0 aliphatic carbocycles. The Morgan fingerprint density at radius 1 is 1.04 bits per heavy atom.